The van der Waals surface area contributed by atoms with Crippen molar-refractivity contribution < 1.29 is 4.79 Å². The SMILES string of the molecule is N#Cc1cnc(NCC2CNCC2c2ccc(Cl)c(Cl)c2)cn1.NC(=O)Cl. The van der Waals surface area contributed by atoms with Crippen LogP contribution in [0.25, 0.3) is 0 Å². The molecule has 10 heteroatoms. The third-order valence-electron chi connectivity index (χ3n) is 4.02. The first-order valence-corrected chi connectivity index (χ1v) is 9.10. The average molecular weight is 428 g/mol. The van der Waals surface area contributed by atoms with Crippen LogP contribution in [-0.4, -0.2) is 35.0 Å². The van der Waals surface area contributed by atoms with Gasteiger partial charge in [0.1, 0.15) is 11.9 Å². The normalized spacial score (nSPS) is 18.1. The van der Waals surface area contributed by atoms with E-state index in [9.17, 15) is 0 Å². The monoisotopic (exact) mass is 426 g/mol. The highest BCUT2D eigenvalue weighted by molar-refractivity contribution is 6.62. The van der Waals surface area contributed by atoms with Crippen LogP contribution in [0.4, 0.5) is 10.6 Å². The summed E-state index contributed by atoms with van der Waals surface area (Å²) in [5.41, 5.74) is 5.73. The second kappa shape index (κ2) is 10.3. The molecular weight excluding hydrogens is 411 g/mol. The molecule has 0 spiro atoms. The third kappa shape index (κ3) is 6.52. The Labute approximate surface area is 171 Å². The Morgan fingerprint density at radius 3 is 2.63 bits per heavy atom. The van der Waals surface area contributed by atoms with Gasteiger partial charge < -0.3 is 16.4 Å². The minimum Gasteiger partial charge on any atom is -0.368 e. The molecule has 2 atom stereocenters. The number of nitrogens with two attached hydrogens (primary N) is 1. The summed E-state index contributed by atoms with van der Waals surface area (Å²) in [4.78, 5) is 17.2. The number of benzene rings is 1. The van der Waals surface area contributed by atoms with Crippen molar-refractivity contribution in [2.24, 2.45) is 11.7 Å². The van der Waals surface area contributed by atoms with E-state index in [-0.39, 0.29) is 0 Å². The number of primary amides is 1. The zero-order valence-corrected chi connectivity index (χ0v) is 16.4. The van der Waals surface area contributed by atoms with E-state index in [0.717, 1.165) is 19.6 Å². The minimum absolute atomic E-state index is 0.312. The molecule has 2 aromatic rings. The fraction of sp³-hybridized carbons (Fsp3) is 0.294. The molecule has 0 radical (unpaired) electrons. The molecule has 1 amide bonds. The molecule has 1 fully saturated rings. The number of aromatic nitrogens is 2. The summed E-state index contributed by atoms with van der Waals surface area (Å²) >= 11 is 16.5. The summed E-state index contributed by atoms with van der Waals surface area (Å²) in [7, 11) is 0. The first-order chi connectivity index (χ1) is 12.9. The van der Waals surface area contributed by atoms with E-state index in [1.165, 1.54) is 11.8 Å². The molecular formula is C17H17Cl3N6O. The smallest absolute Gasteiger partial charge is 0.311 e. The van der Waals surface area contributed by atoms with Crippen molar-refractivity contribution in [2.45, 2.75) is 5.92 Å². The molecule has 27 heavy (non-hydrogen) atoms. The van der Waals surface area contributed by atoms with Crippen molar-refractivity contribution >= 4 is 46.0 Å². The number of rotatable bonds is 4. The van der Waals surface area contributed by atoms with Gasteiger partial charge in [-0.1, -0.05) is 29.3 Å². The number of nitrogens with one attached hydrogen (secondary N) is 2. The van der Waals surface area contributed by atoms with Gasteiger partial charge in [-0.15, -0.1) is 0 Å². The van der Waals surface area contributed by atoms with Crippen LogP contribution < -0.4 is 16.4 Å². The van der Waals surface area contributed by atoms with Crippen LogP contribution in [0.1, 0.15) is 17.2 Å². The molecule has 0 aliphatic carbocycles. The van der Waals surface area contributed by atoms with Gasteiger partial charge in [-0.25, -0.2) is 9.97 Å². The summed E-state index contributed by atoms with van der Waals surface area (Å²) in [6.45, 7) is 2.59. The molecule has 1 aromatic heterocycles. The van der Waals surface area contributed by atoms with E-state index in [0.29, 0.717) is 33.4 Å². The molecule has 2 unspecified atom stereocenters. The maximum absolute atomic E-state index is 8.99. The van der Waals surface area contributed by atoms with Gasteiger partial charge >= 0.3 is 5.37 Å². The Morgan fingerprint density at radius 2 is 2.04 bits per heavy atom. The number of amides is 1. The van der Waals surface area contributed by atoms with Crippen molar-refractivity contribution in [3.63, 3.8) is 0 Å². The fourth-order valence-corrected chi connectivity index (χ4v) is 3.10. The number of carbonyl (C=O) groups excluding carboxylic acids is 1. The number of hydrogen-bond donors (Lipinski definition) is 3. The van der Waals surface area contributed by atoms with E-state index in [1.807, 2.05) is 24.3 Å². The lowest BCUT2D eigenvalue weighted by molar-refractivity contribution is 0.266. The summed E-state index contributed by atoms with van der Waals surface area (Å²) in [6, 6.07) is 7.77. The van der Waals surface area contributed by atoms with Gasteiger partial charge in [-0.3, -0.25) is 4.79 Å². The minimum atomic E-state index is -0.861. The van der Waals surface area contributed by atoms with E-state index in [2.05, 4.69) is 37.9 Å². The van der Waals surface area contributed by atoms with Gasteiger partial charge in [0.25, 0.3) is 0 Å². The number of nitriles is 1. The first kappa shape index (κ1) is 21.2. The highest BCUT2D eigenvalue weighted by Gasteiger charge is 2.28. The standard InChI is InChI=1S/C16H15Cl2N5.CH2ClNO/c17-14-2-1-10(3-15(14)18)13-8-20-5-11(13)6-22-16-9-21-12(4-19)7-23-16;2-1(3)4/h1-3,7,9,11,13,20H,5-6,8H2,(H,22,23);(H2,3,4). The predicted octanol–water partition coefficient (Wildman–Crippen LogP) is 3.37. The first-order valence-electron chi connectivity index (χ1n) is 7.97. The van der Waals surface area contributed by atoms with Crippen LogP contribution in [0, 0.1) is 17.2 Å². The lowest BCUT2D eigenvalue weighted by atomic mass is 9.89. The lowest BCUT2D eigenvalue weighted by Gasteiger charge is -2.20. The summed E-state index contributed by atoms with van der Waals surface area (Å²) < 4.78 is 0. The predicted molar refractivity (Wildman–Crippen MR) is 106 cm³/mol. The summed E-state index contributed by atoms with van der Waals surface area (Å²) in [6.07, 6.45) is 3.04. The molecule has 1 aliphatic rings. The molecule has 7 nitrogen and oxygen atoms in total. The van der Waals surface area contributed by atoms with Crippen molar-refractivity contribution in [3.8, 4) is 6.07 Å². The quantitative estimate of drug-likeness (QED) is 0.509. The number of anilines is 1. The van der Waals surface area contributed by atoms with Crippen LogP contribution in [0.15, 0.2) is 30.6 Å². The Hall–Kier alpha value is -2.11. The Bertz CT molecular complexity index is 820. The van der Waals surface area contributed by atoms with Crippen LogP contribution >= 0.6 is 34.8 Å². The molecule has 1 aliphatic heterocycles. The molecule has 4 N–H and O–H groups in total. The Balaban J connectivity index is 0.000000596. The van der Waals surface area contributed by atoms with Gasteiger partial charge in [0, 0.05) is 25.6 Å². The maximum atomic E-state index is 8.99. The second-order valence-corrected chi connectivity index (χ2v) is 6.97. The van der Waals surface area contributed by atoms with E-state index in [4.69, 9.17) is 33.3 Å². The average Bonchev–Trinajstić information content (AvgIpc) is 3.11. The van der Waals surface area contributed by atoms with Crippen molar-refractivity contribution in [2.75, 3.05) is 25.0 Å². The van der Waals surface area contributed by atoms with Gasteiger partial charge in [0.15, 0.2) is 5.69 Å². The van der Waals surface area contributed by atoms with Crippen molar-refractivity contribution in [3.05, 3.63) is 51.9 Å². The third-order valence-corrected chi connectivity index (χ3v) is 4.76. The number of carbonyl (C=O) groups is 1. The van der Waals surface area contributed by atoms with Gasteiger partial charge in [-0.2, -0.15) is 5.26 Å². The number of hydrogen-bond acceptors (Lipinski definition) is 6. The second-order valence-electron chi connectivity index (χ2n) is 5.78. The van der Waals surface area contributed by atoms with Gasteiger partial charge in [0.2, 0.25) is 0 Å². The molecule has 2 heterocycles. The molecule has 1 aromatic carbocycles. The van der Waals surface area contributed by atoms with E-state index in [1.54, 1.807) is 6.20 Å². The summed E-state index contributed by atoms with van der Waals surface area (Å²) in [5.74, 6) is 1.44. The van der Waals surface area contributed by atoms with Crippen LogP contribution in [-0.2, 0) is 0 Å². The zero-order chi connectivity index (χ0) is 19.8. The molecule has 3 rings (SSSR count). The highest BCUT2D eigenvalue weighted by Crippen LogP contribution is 2.32. The van der Waals surface area contributed by atoms with Crippen LogP contribution in [0.2, 0.25) is 10.0 Å². The lowest BCUT2D eigenvalue weighted by Crippen LogP contribution is -2.21. The van der Waals surface area contributed by atoms with Gasteiger partial charge in [0.05, 0.1) is 22.4 Å². The Morgan fingerprint density at radius 1 is 1.30 bits per heavy atom. The molecule has 1 saturated heterocycles. The van der Waals surface area contributed by atoms with Crippen molar-refractivity contribution in [1.82, 2.24) is 15.3 Å². The largest absolute Gasteiger partial charge is 0.368 e. The molecule has 142 valence electrons. The number of halogens is 3. The van der Waals surface area contributed by atoms with Crippen molar-refractivity contribution in [1.29, 1.82) is 5.26 Å². The Kier molecular flexibility index (Phi) is 8.07. The van der Waals surface area contributed by atoms with Crippen LogP contribution in [0.5, 0.6) is 0 Å². The van der Waals surface area contributed by atoms with Gasteiger partial charge in [-0.05, 0) is 35.2 Å². The summed E-state index contributed by atoms with van der Waals surface area (Å²) in [5, 5.41) is 15.7. The molecule has 0 saturated carbocycles. The number of nitrogens with zero attached hydrogens (tertiary/aromatic N) is 3. The molecule has 0 bridgehead atoms. The highest BCUT2D eigenvalue weighted by atomic mass is 35.5. The maximum Gasteiger partial charge on any atom is 0.311 e. The van der Waals surface area contributed by atoms with Crippen LogP contribution in [0.3, 0.4) is 0 Å². The fourth-order valence-electron chi connectivity index (χ4n) is 2.79. The topological polar surface area (TPSA) is 117 Å². The zero-order valence-electron chi connectivity index (χ0n) is 14.1. The van der Waals surface area contributed by atoms with E-state index >= 15 is 0 Å². The van der Waals surface area contributed by atoms with E-state index < -0.39 is 5.37 Å².